The van der Waals surface area contributed by atoms with Crippen molar-refractivity contribution in [1.82, 2.24) is 0 Å². The third-order valence-corrected chi connectivity index (χ3v) is 4.17. The molecular weight excluding hydrogens is 291 g/mol. The summed E-state index contributed by atoms with van der Waals surface area (Å²) >= 11 is 5.60. The molecule has 1 heterocycles. The van der Waals surface area contributed by atoms with Crippen molar-refractivity contribution in [2.45, 2.75) is 17.5 Å². The Morgan fingerprint density at radius 3 is 2.55 bits per heavy atom. The molecule has 0 amide bonds. The molecule has 0 aromatic heterocycles. The molecule has 2 N–H and O–H groups in total. The van der Waals surface area contributed by atoms with Crippen LogP contribution in [0.25, 0.3) is 10.8 Å². The third kappa shape index (κ3) is 1.97. The van der Waals surface area contributed by atoms with E-state index in [0.717, 1.165) is 0 Å². The van der Waals surface area contributed by atoms with Crippen LogP contribution in [0, 0.1) is 0 Å². The van der Waals surface area contributed by atoms with Crippen molar-refractivity contribution in [3.05, 3.63) is 35.9 Å². The third-order valence-electron chi connectivity index (χ3n) is 3.61. The van der Waals surface area contributed by atoms with E-state index in [1.165, 1.54) is 6.07 Å². The van der Waals surface area contributed by atoms with Gasteiger partial charge in [0.25, 0.3) is 0 Å². The number of nitrogens with one attached hydrogen (secondary N) is 1. The zero-order valence-corrected chi connectivity index (χ0v) is 11.0. The maximum atomic E-state index is 12.9. The van der Waals surface area contributed by atoms with Gasteiger partial charge in [0.2, 0.25) is 0 Å². The van der Waals surface area contributed by atoms with Gasteiger partial charge in [-0.15, -0.1) is 11.6 Å². The molecule has 0 fully saturated rings. The Labute approximate surface area is 118 Å². The molecule has 2 aromatic carbocycles. The molecule has 0 spiro atoms. The highest BCUT2D eigenvalue weighted by Gasteiger charge is 2.46. The zero-order chi connectivity index (χ0) is 14.5. The molecule has 0 saturated carbocycles. The van der Waals surface area contributed by atoms with Gasteiger partial charge in [0.1, 0.15) is 11.1 Å². The van der Waals surface area contributed by atoms with Crippen LogP contribution < -0.4 is 5.32 Å². The summed E-state index contributed by atoms with van der Waals surface area (Å²) in [7, 11) is 0. The maximum absolute atomic E-state index is 12.9. The average Bonchev–Trinajstić information content (AvgIpc) is 2.80. The van der Waals surface area contributed by atoms with Gasteiger partial charge in [-0.25, -0.2) is 0 Å². The van der Waals surface area contributed by atoms with Crippen molar-refractivity contribution in [1.29, 1.82) is 0 Å². The maximum Gasteiger partial charge on any atom is 0.405 e. The van der Waals surface area contributed by atoms with E-state index in [1.54, 1.807) is 24.3 Å². The van der Waals surface area contributed by atoms with Crippen LogP contribution in [0.1, 0.15) is 11.5 Å². The molecule has 1 aliphatic heterocycles. The molecule has 2 atom stereocenters. The minimum absolute atomic E-state index is 0.0469. The van der Waals surface area contributed by atoms with E-state index in [-0.39, 0.29) is 12.3 Å². The van der Waals surface area contributed by atoms with Gasteiger partial charge < -0.3 is 10.4 Å². The molecule has 0 unspecified atom stereocenters. The fraction of sp³-hybridized carbons (Fsp3) is 0.286. The molecule has 20 heavy (non-hydrogen) atoms. The Morgan fingerprint density at radius 2 is 1.90 bits per heavy atom. The number of phenolic OH excluding ortho intramolecular Hbond substituents is 1. The summed E-state index contributed by atoms with van der Waals surface area (Å²) in [6.07, 6.45) is -4.46. The monoisotopic (exact) mass is 301 g/mol. The van der Waals surface area contributed by atoms with E-state index in [4.69, 9.17) is 11.6 Å². The number of phenols is 1. The number of halogens is 4. The van der Waals surface area contributed by atoms with Crippen LogP contribution >= 0.6 is 11.6 Å². The Hall–Kier alpha value is -1.62. The highest BCUT2D eigenvalue weighted by atomic mass is 35.5. The second-order valence-corrected chi connectivity index (χ2v) is 5.30. The van der Waals surface area contributed by atoms with Crippen molar-refractivity contribution in [3.63, 3.8) is 0 Å². The number of hydrogen-bond acceptors (Lipinski definition) is 2. The summed E-state index contributed by atoms with van der Waals surface area (Å²) in [6, 6.07) is 8.30. The number of rotatable bonds is 1. The van der Waals surface area contributed by atoms with E-state index in [1.807, 2.05) is 0 Å². The summed E-state index contributed by atoms with van der Waals surface area (Å²) in [4.78, 5) is 0. The van der Waals surface area contributed by atoms with Gasteiger partial charge in [0.15, 0.2) is 0 Å². The number of anilines is 1. The number of hydrogen-bond donors (Lipinski definition) is 2. The first-order valence-electron chi connectivity index (χ1n) is 6.09. The molecule has 0 aliphatic carbocycles. The Kier molecular flexibility index (Phi) is 2.97. The number of alkyl halides is 4. The SMILES string of the molecule is Oc1cc2c(c3ccccc13)[C@H]([C@H](Cl)C(F)(F)F)CN2. The predicted molar refractivity (Wildman–Crippen MR) is 72.5 cm³/mol. The van der Waals surface area contributed by atoms with Crippen LogP contribution in [0.4, 0.5) is 18.9 Å². The fourth-order valence-corrected chi connectivity index (χ4v) is 2.94. The highest BCUT2D eigenvalue weighted by Crippen LogP contribution is 2.47. The minimum atomic E-state index is -4.46. The lowest BCUT2D eigenvalue weighted by atomic mass is 9.91. The lowest BCUT2D eigenvalue weighted by Gasteiger charge is -2.21. The Bertz CT molecular complexity index is 671. The van der Waals surface area contributed by atoms with Crippen molar-refractivity contribution in [2.24, 2.45) is 0 Å². The molecule has 3 rings (SSSR count). The topological polar surface area (TPSA) is 32.3 Å². The summed E-state index contributed by atoms with van der Waals surface area (Å²) < 4.78 is 38.6. The standard InChI is InChI=1S/C14H11ClF3NO/c15-13(14(16,17)18)9-6-19-10-5-11(20)7-3-1-2-4-8(7)12(9)10/h1-5,9,13,19-20H,6H2/t9-,13+/m1/s1. The molecular formula is C14H11ClF3NO. The quantitative estimate of drug-likeness (QED) is 0.773. The zero-order valence-electron chi connectivity index (χ0n) is 10.2. The molecule has 1 aliphatic rings. The van der Waals surface area contributed by atoms with Crippen LogP contribution in [0.3, 0.4) is 0 Å². The number of aromatic hydroxyl groups is 1. The largest absolute Gasteiger partial charge is 0.507 e. The first-order chi connectivity index (χ1) is 9.39. The van der Waals surface area contributed by atoms with E-state index >= 15 is 0 Å². The summed E-state index contributed by atoms with van der Waals surface area (Å²) in [6.45, 7) is 0.108. The first-order valence-corrected chi connectivity index (χ1v) is 6.52. The highest BCUT2D eigenvalue weighted by molar-refractivity contribution is 6.22. The van der Waals surface area contributed by atoms with Gasteiger partial charge in [-0.2, -0.15) is 13.2 Å². The van der Waals surface area contributed by atoms with Crippen LogP contribution in [-0.2, 0) is 0 Å². The van der Waals surface area contributed by atoms with Crippen molar-refractivity contribution >= 4 is 28.1 Å². The lowest BCUT2D eigenvalue weighted by Crippen LogP contribution is -2.31. The van der Waals surface area contributed by atoms with Crippen molar-refractivity contribution < 1.29 is 18.3 Å². The smallest absolute Gasteiger partial charge is 0.405 e. The summed E-state index contributed by atoms with van der Waals surface area (Å²) in [5.74, 6) is -0.817. The van der Waals surface area contributed by atoms with Crippen LogP contribution in [0.15, 0.2) is 30.3 Å². The summed E-state index contributed by atoms with van der Waals surface area (Å²) in [5, 5.41) is 12.0. The first kappa shape index (κ1) is 13.4. The Morgan fingerprint density at radius 1 is 1.25 bits per heavy atom. The van der Waals surface area contributed by atoms with Crippen molar-refractivity contribution in [2.75, 3.05) is 11.9 Å². The van der Waals surface area contributed by atoms with Crippen molar-refractivity contribution in [3.8, 4) is 5.75 Å². The molecule has 2 nitrogen and oxygen atoms in total. The molecule has 6 heteroatoms. The van der Waals surface area contributed by atoms with Gasteiger partial charge in [0, 0.05) is 29.6 Å². The van der Waals surface area contributed by atoms with Gasteiger partial charge in [-0.05, 0) is 10.9 Å². The van der Waals surface area contributed by atoms with E-state index in [0.29, 0.717) is 22.0 Å². The molecule has 2 aromatic rings. The van der Waals surface area contributed by atoms with Crippen LogP contribution in [0.2, 0.25) is 0 Å². The van der Waals surface area contributed by atoms with Crippen LogP contribution in [0.5, 0.6) is 5.75 Å². The number of benzene rings is 2. The van der Waals surface area contributed by atoms with E-state index < -0.39 is 17.5 Å². The fourth-order valence-electron chi connectivity index (χ4n) is 2.72. The van der Waals surface area contributed by atoms with Gasteiger partial charge >= 0.3 is 6.18 Å². The lowest BCUT2D eigenvalue weighted by molar-refractivity contribution is -0.133. The van der Waals surface area contributed by atoms with Gasteiger partial charge in [0.05, 0.1) is 0 Å². The summed E-state index contributed by atoms with van der Waals surface area (Å²) in [5.41, 5.74) is 1.04. The van der Waals surface area contributed by atoms with E-state index in [9.17, 15) is 18.3 Å². The second kappa shape index (κ2) is 4.45. The second-order valence-electron chi connectivity index (χ2n) is 4.83. The normalized spacial score (nSPS) is 19.7. The molecule has 0 bridgehead atoms. The van der Waals surface area contributed by atoms with Gasteiger partial charge in [-0.3, -0.25) is 0 Å². The molecule has 0 radical (unpaired) electrons. The average molecular weight is 302 g/mol. The van der Waals surface area contributed by atoms with Gasteiger partial charge in [-0.1, -0.05) is 24.3 Å². The van der Waals surface area contributed by atoms with E-state index in [2.05, 4.69) is 5.32 Å². The minimum Gasteiger partial charge on any atom is -0.507 e. The Balaban J connectivity index is 2.20. The molecule has 0 saturated heterocycles. The molecule has 106 valence electrons. The predicted octanol–water partition coefficient (Wildman–Crippen LogP) is 4.22. The van der Waals surface area contributed by atoms with Crippen LogP contribution in [-0.4, -0.2) is 23.2 Å². The number of fused-ring (bicyclic) bond motifs is 3.